The van der Waals surface area contributed by atoms with Crippen molar-refractivity contribution in [3.8, 4) is 0 Å². The van der Waals surface area contributed by atoms with Gasteiger partial charge in [0.2, 0.25) is 5.91 Å². The SMILES string of the molecule is CCN(C(=O)C(=O)N(C)C(C[C@H](O)CO)(CN(C)C(=O)CC(F)(F)F)c1ccc(Cl)c(Cl)c1)c1ccccc1. The first kappa shape index (κ1) is 32.4. The summed E-state index contributed by atoms with van der Waals surface area (Å²) in [5.41, 5.74) is -1.21. The number of aliphatic hydroxyl groups excluding tert-OH is 2. The monoisotopic (exact) mass is 591 g/mol. The van der Waals surface area contributed by atoms with Gasteiger partial charge in [-0.1, -0.05) is 47.5 Å². The van der Waals surface area contributed by atoms with E-state index in [1.807, 2.05) is 0 Å². The van der Waals surface area contributed by atoms with Crippen molar-refractivity contribution in [3.63, 3.8) is 0 Å². The van der Waals surface area contributed by atoms with Crippen LogP contribution in [0.3, 0.4) is 0 Å². The third-order valence-corrected chi connectivity index (χ3v) is 7.02. The molecule has 0 heterocycles. The molecule has 1 unspecified atom stereocenters. The van der Waals surface area contributed by atoms with Gasteiger partial charge in [0.05, 0.1) is 28.3 Å². The van der Waals surface area contributed by atoms with Crippen molar-refractivity contribution in [1.82, 2.24) is 9.80 Å². The molecule has 3 amide bonds. The second-order valence-corrected chi connectivity index (χ2v) is 9.81. The van der Waals surface area contributed by atoms with E-state index < -0.39 is 61.5 Å². The number of aliphatic hydroxyl groups is 2. The molecule has 0 radical (unpaired) electrons. The number of rotatable bonds is 10. The highest BCUT2D eigenvalue weighted by atomic mass is 35.5. The van der Waals surface area contributed by atoms with Crippen LogP contribution in [0, 0.1) is 0 Å². The molecule has 2 rings (SSSR count). The Morgan fingerprint density at radius 1 is 0.974 bits per heavy atom. The minimum atomic E-state index is -4.79. The molecule has 39 heavy (non-hydrogen) atoms. The summed E-state index contributed by atoms with van der Waals surface area (Å²) in [4.78, 5) is 42.5. The largest absolute Gasteiger partial charge is 0.397 e. The maximum Gasteiger partial charge on any atom is 0.397 e. The Bertz CT molecular complexity index is 1170. The number of hydrogen-bond acceptors (Lipinski definition) is 5. The van der Waals surface area contributed by atoms with Crippen molar-refractivity contribution in [2.24, 2.45) is 0 Å². The summed E-state index contributed by atoms with van der Waals surface area (Å²) < 4.78 is 39.0. The number of benzene rings is 2. The Balaban J connectivity index is 2.67. The topological polar surface area (TPSA) is 101 Å². The maximum absolute atomic E-state index is 13.7. The number of carbonyl (C=O) groups is 3. The molecule has 2 atom stereocenters. The smallest absolute Gasteiger partial charge is 0.394 e. The molecule has 214 valence electrons. The fourth-order valence-corrected chi connectivity index (χ4v) is 4.54. The molecule has 0 saturated carbocycles. The van der Waals surface area contributed by atoms with E-state index in [4.69, 9.17) is 23.2 Å². The van der Waals surface area contributed by atoms with Crippen LogP contribution >= 0.6 is 23.2 Å². The van der Waals surface area contributed by atoms with Crippen LogP contribution in [0.25, 0.3) is 0 Å². The van der Waals surface area contributed by atoms with Crippen molar-refractivity contribution < 1.29 is 37.8 Å². The van der Waals surface area contributed by atoms with Crippen LogP contribution in [0.1, 0.15) is 25.3 Å². The average Bonchev–Trinajstić information content (AvgIpc) is 2.88. The van der Waals surface area contributed by atoms with Crippen molar-refractivity contribution in [3.05, 3.63) is 64.1 Å². The molecular weight excluding hydrogens is 562 g/mol. The Morgan fingerprint density at radius 2 is 1.59 bits per heavy atom. The van der Waals surface area contributed by atoms with E-state index in [1.54, 1.807) is 37.3 Å². The van der Waals surface area contributed by atoms with Gasteiger partial charge in [0, 0.05) is 39.3 Å². The summed E-state index contributed by atoms with van der Waals surface area (Å²) >= 11 is 12.3. The number of halogens is 5. The van der Waals surface area contributed by atoms with E-state index in [1.165, 1.54) is 30.1 Å². The lowest BCUT2D eigenvalue weighted by molar-refractivity contribution is -0.163. The van der Waals surface area contributed by atoms with Crippen LogP contribution in [0.5, 0.6) is 0 Å². The maximum atomic E-state index is 13.7. The van der Waals surface area contributed by atoms with Crippen LogP contribution in [0.15, 0.2) is 48.5 Å². The number of carbonyl (C=O) groups excluding carboxylic acids is 3. The predicted molar refractivity (Wildman–Crippen MR) is 141 cm³/mol. The van der Waals surface area contributed by atoms with Crippen molar-refractivity contribution in [1.29, 1.82) is 0 Å². The minimum absolute atomic E-state index is 0.0212. The summed E-state index contributed by atoms with van der Waals surface area (Å²) in [6.07, 6.45) is -8.51. The number of likely N-dealkylation sites (N-methyl/N-ethyl adjacent to an activating group) is 3. The van der Waals surface area contributed by atoms with Gasteiger partial charge >= 0.3 is 18.0 Å². The molecule has 2 N–H and O–H groups in total. The fraction of sp³-hybridized carbons (Fsp3) is 0.423. The summed E-state index contributed by atoms with van der Waals surface area (Å²) in [6, 6.07) is 12.5. The molecule has 0 aromatic heterocycles. The zero-order valence-corrected chi connectivity index (χ0v) is 23.1. The highest BCUT2D eigenvalue weighted by Crippen LogP contribution is 2.38. The Labute approximate surface area is 234 Å². The first-order valence-corrected chi connectivity index (χ1v) is 12.6. The van der Waals surface area contributed by atoms with Crippen LogP contribution in [-0.4, -0.2) is 83.8 Å². The Morgan fingerprint density at radius 3 is 2.10 bits per heavy atom. The lowest BCUT2D eigenvalue weighted by Gasteiger charge is -2.45. The van der Waals surface area contributed by atoms with Crippen molar-refractivity contribution in [2.75, 3.05) is 38.7 Å². The molecule has 0 saturated heterocycles. The van der Waals surface area contributed by atoms with Gasteiger partial charge in [0.1, 0.15) is 6.42 Å². The van der Waals surface area contributed by atoms with E-state index in [2.05, 4.69) is 0 Å². The molecule has 8 nitrogen and oxygen atoms in total. The lowest BCUT2D eigenvalue weighted by Crippen LogP contribution is -2.59. The Hall–Kier alpha value is -2.86. The molecule has 2 aromatic carbocycles. The summed E-state index contributed by atoms with van der Waals surface area (Å²) in [5.74, 6) is -3.34. The van der Waals surface area contributed by atoms with Gasteiger partial charge in [-0.3, -0.25) is 14.4 Å². The number of anilines is 1. The van der Waals surface area contributed by atoms with Gasteiger partial charge < -0.3 is 24.9 Å². The van der Waals surface area contributed by atoms with Gasteiger partial charge in [-0.2, -0.15) is 13.2 Å². The molecule has 2 aromatic rings. The number of hydrogen-bond donors (Lipinski definition) is 2. The highest BCUT2D eigenvalue weighted by molar-refractivity contribution is 6.42. The lowest BCUT2D eigenvalue weighted by atomic mass is 9.82. The molecule has 13 heteroatoms. The first-order valence-electron chi connectivity index (χ1n) is 11.9. The average molecular weight is 592 g/mol. The van der Waals surface area contributed by atoms with Gasteiger partial charge in [0.25, 0.3) is 0 Å². The van der Waals surface area contributed by atoms with Gasteiger partial charge in [-0.25, -0.2) is 0 Å². The van der Waals surface area contributed by atoms with E-state index in [0.717, 1.165) is 16.8 Å². The zero-order valence-electron chi connectivity index (χ0n) is 21.6. The summed E-state index contributed by atoms with van der Waals surface area (Å²) in [5, 5.41) is 20.3. The van der Waals surface area contributed by atoms with E-state index in [-0.39, 0.29) is 22.2 Å². The van der Waals surface area contributed by atoms with Gasteiger partial charge in [-0.05, 0) is 36.8 Å². The first-order chi connectivity index (χ1) is 18.2. The molecule has 0 fully saturated rings. The van der Waals surface area contributed by atoms with Crippen molar-refractivity contribution >= 4 is 46.6 Å². The third kappa shape index (κ3) is 8.07. The molecular formula is C26H30Cl2F3N3O5. The number of amides is 3. The van der Waals surface area contributed by atoms with Crippen LogP contribution < -0.4 is 4.90 Å². The standard InChI is InChI=1S/C26H30Cl2F3N3O5/c1-4-34(18-8-6-5-7-9-18)24(39)23(38)33(3)25(13-19(36)15-35,17-10-11-20(27)21(28)12-17)16-32(2)22(37)14-26(29,30)31/h5-12,19,35-36H,4,13-16H2,1-3H3/t19-,25?/m0/s1. The van der Waals surface area contributed by atoms with Crippen LogP contribution in [0.4, 0.5) is 18.9 Å². The molecule has 0 aliphatic heterocycles. The summed E-state index contributed by atoms with van der Waals surface area (Å²) in [6.45, 7) is 0.420. The molecule has 0 aliphatic carbocycles. The molecule has 0 bridgehead atoms. The number of nitrogens with zero attached hydrogens (tertiary/aromatic N) is 3. The Kier molecular flexibility index (Phi) is 11.2. The highest BCUT2D eigenvalue weighted by Gasteiger charge is 2.46. The quantitative estimate of drug-likeness (QED) is 0.409. The minimum Gasteiger partial charge on any atom is -0.394 e. The molecule has 0 spiro atoms. The zero-order chi connectivity index (χ0) is 29.5. The van der Waals surface area contributed by atoms with E-state index in [9.17, 15) is 37.8 Å². The number of alkyl halides is 3. The van der Waals surface area contributed by atoms with E-state index in [0.29, 0.717) is 5.69 Å². The summed E-state index contributed by atoms with van der Waals surface area (Å²) in [7, 11) is 2.34. The van der Waals surface area contributed by atoms with Gasteiger partial charge in [0.15, 0.2) is 0 Å². The second-order valence-electron chi connectivity index (χ2n) is 8.99. The fourth-order valence-electron chi connectivity index (χ4n) is 4.24. The normalized spacial score (nSPS) is 13.8. The van der Waals surface area contributed by atoms with E-state index >= 15 is 0 Å². The van der Waals surface area contributed by atoms with Gasteiger partial charge in [-0.15, -0.1) is 0 Å². The third-order valence-electron chi connectivity index (χ3n) is 6.28. The van der Waals surface area contributed by atoms with Crippen molar-refractivity contribution in [2.45, 2.75) is 37.6 Å². The number of para-hydroxylation sites is 1. The van der Waals surface area contributed by atoms with Crippen LogP contribution in [-0.2, 0) is 19.9 Å². The molecule has 0 aliphatic rings. The van der Waals surface area contributed by atoms with Crippen LogP contribution in [0.2, 0.25) is 10.0 Å². The second kappa shape index (κ2) is 13.5. The predicted octanol–water partition coefficient (Wildman–Crippen LogP) is 3.85.